The Balaban J connectivity index is 0.985. The van der Waals surface area contributed by atoms with Crippen LogP contribution in [0, 0.1) is 0 Å². The number of rotatable bonds is 5. The molecule has 0 aliphatic rings. The van der Waals surface area contributed by atoms with Crippen LogP contribution < -0.4 is 0 Å². The highest BCUT2D eigenvalue weighted by atomic mass is 14.8. The maximum absolute atomic E-state index is 5.46. The van der Waals surface area contributed by atoms with Crippen LogP contribution in [-0.4, -0.2) is 9.97 Å². The van der Waals surface area contributed by atoms with Gasteiger partial charge in [-0.3, -0.25) is 4.98 Å². The molecule has 64 heavy (non-hydrogen) atoms. The normalized spacial score (nSPS) is 11.8. The van der Waals surface area contributed by atoms with Crippen molar-refractivity contribution in [3.8, 4) is 56.0 Å². The molecule has 0 atom stereocenters. The van der Waals surface area contributed by atoms with Crippen molar-refractivity contribution in [1.29, 1.82) is 0 Å². The van der Waals surface area contributed by atoms with Gasteiger partial charge in [-0.05, 0) is 104 Å². The number of hydrogen-bond donors (Lipinski definition) is 0. The zero-order valence-electron chi connectivity index (χ0n) is 34.8. The first-order valence-electron chi connectivity index (χ1n) is 22.0. The molecule has 13 rings (SSSR count). The van der Waals surface area contributed by atoms with Gasteiger partial charge in [-0.15, -0.1) is 0 Å². The maximum Gasteiger partial charge on any atom is 0.0972 e. The van der Waals surface area contributed by atoms with E-state index in [2.05, 4.69) is 212 Å². The van der Waals surface area contributed by atoms with E-state index in [1.54, 1.807) is 0 Å². The standard InChI is InChI=1S/C62H38N2/c1-3-15-43(16-4-1)61-62(44-17-5-2-6-18-44)64-56(38-63-61)60-53-25-11-9-23-51(53)57(52-24-10-12-26-54(52)60)42-31-29-39(30-32-42)45-35-36-48-50-28-14-20-41-34-33-40-19-13-27-49(58(40)59(41)50)46-21-7-8-22-47(46)55(48)37-45/h1-38H. The zero-order chi connectivity index (χ0) is 42.1. The van der Waals surface area contributed by atoms with Crippen molar-refractivity contribution in [2.24, 2.45) is 0 Å². The van der Waals surface area contributed by atoms with Gasteiger partial charge in [0.15, 0.2) is 0 Å². The highest BCUT2D eigenvalue weighted by molar-refractivity contribution is 6.33. The Labute approximate surface area is 370 Å². The molecule has 0 bridgehead atoms. The van der Waals surface area contributed by atoms with Gasteiger partial charge in [0, 0.05) is 16.7 Å². The van der Waals surface area contributed by atoms with Crippen molar-refractivity contribution >= 4 is 75.4 Å². The van der Waals surface area contributed by atoms with Crippen LogP contribution in [0.15, 0.2) is 231 Å². The fourth-order valence-electron chi connectivity index (χ4n) is 10.4. The first-order chi connectivity index (χ1) is 31.8. The van der Waals surface area contributed by atoms with Gasteiger partial charge in [0.25, 0.3) is 0 Å². The second kappa shape index (κ2) is 14.6. The average Bonchev–Trinajstić information content (AvgIpc) is 3.37. The second-order valence-corrected chi connectivity index (χ2v) is 16.8. The zero-order valence-corrected chi connectivity index (χ0v) is 34.8. The minimum Gasteiger partial charge on any atom is -0.252 e. The van der Waals surface area contributed by atoms with Crippen molar-refractivity contribution in [2.75, 3.05) is 0 Å². The molecule has 1 heterocycles. The van der Waals surface area contributed by atoms with Crippen LogP contribution in [0.25, 0.3) is 131 Å². The first kappa shape index (κ1) is 36.2. The third kappa shape index (κ3) is 5.66. The summed E-state index contributed by atoms with van der Waals surface area (Å²) in [6.45, 7) is 0. The van der Waals surface area contributed by atoms with E-state index in [9.17, 15) is 0 Å². The number of nitrogens with zero attached hydrogens (tertiary/aromatic N) is 2. The lowest BCUT2D eigenvalue weighted by molar-refractivity contribution is 1.22. The van der Waals surface area contributed by atoms with Gasteiger partial charge < -0.3 is 0 Å². The highest BCUT2D eigenvalue weighted by Gasteiger charge is 2.20. The summed E-state index contributed by atoms with van der Waals surface area (Å²) in [7, 11) is 0. The summed E-state index contributed by atoms with van der Waals surface area (Å²) >= 11 is 0. The molecular formula is C62H38N2. The Morgan fingerprint density at radius 2 is 0.688 bits per heavy atom. The molecule has 0 spiro atoms. The van der Waals surface area contributed by atoms with Crippen LogP contribution in [0.5, 0.6) is 0 Å². The molecule has 2 heteroatoms. The van der Waals surface area contributed by atoms with Crippen molar-refractivity contribution in [3.63, 3.8) is 0 Å². The molecule has 1 aromatic heterocycles. The van der Waals surface area contributed by atoms with E-state index in [-0.39, 0.29) is 0 Å². The minimum atomic E-state index is 0.852. The van der Waals surface area contributed by atoms with E-state index in [4.69, 9.17) is 9.97 Å². The molecule has 0 aliphatic carbocycles. The summed E-state index contributed by atoms with van der Waals surface area (Å²) in [5.41, 5.74) is 10.5. The molecule has 0 saturated heterocycles. The van der Waals surface area contributed by atoms with Crippen molar-refractivity contribution in [3.05, 3.63) is 231 Å². The second-order valence-electron chi connectivity index (χ2n) is 16.8. The largest absolute Gasteiger partial charge is 0.252 e. The Morgan fingerprint density at radius 3 is 1.27 bits per heavy atom. The maximum atomic E-state index is 5.46. The van der Waals surface area contributed by atoms with Gasteiger partial charge >= 0.3 is 0 Å². The molecule has 0 unspecified atom stereocenters. The molecule has 0 fully saturated rings. The van der Waals surface area contributed by atoms with Crippen LogP contribution in [0.2, 0.25) is 0 Å². The molecular weight excluding hydrogens is 773 g/mol. The Morgan fingerprint density at radius 1 is 0.250 bits per heavy atom. The molecule has 0 aliphatic heterocycles. The van der Waals surface area contributed by atoms with Crippen LogP contribution >= 0.6 is 0 Å². The van der Waals surface area contributed by atoms with Gasteiger partial charge in [0.1, 0.15) is 0 Å². The van der Waals surface area contributed by atoms with E-state index in [0.717, 1.165) is 44.5 Å². The Kier molecular flexibility index (Phi) is 8.25. The van der Waals surface area contributed by atoms with Gasteiger partial charge in [0.05, 0.1) is 23.3 Å². The van der Waals surface area contributed by atoms with Crippen molar-refractivity contribution < 1.29 is 0 Å². The smallest absolute Gasteiger partial charge is 0.0972 e. The fourth-order valence-corrected chi connectivity index (χ4v) is 10.4. The first-order valence-corrected chi connectivity index (χ1v) is 22.0. The van der Waals surface area contributed by atoms with E-state index in [0.29, 0.717) is 0 Å². The number of benzene rings is 11. The molecule has 0 N–H and O–H groups in total. The molecule has 2 nitrogen and oxygen atoms in total. The number of fused-ring (bicyclic) bond motifs is 7. The van der Waals surface area contributed by atoms with Gasteiger partial charge in [-0.2, -0.15) is 0 Å². The topological polar surface area (TPSA) is 25.8 Å². The highest BCUT2D eigenvalue weighted by Crippen LogP contribution is 2.45. The Hall–Kier alpha value is -8.46. The third-order valence-corrected chi connectivity index (χ3v) is 13.3. The van der Waals surface area contributed by atoms with Gasteiger partial charge in [-0.1, -0.05) is 218 Å². The summed E-state index contributed by atoms with van der Waals surface area (Å²) in [5, 5.41) is 17.4. The van der Waals surface area contributed by atoms with E-state index >= 15 is 0 Å². The lowest BCUT2D eigenvalue weighted by atomic mass is 9.86. The third-order valence-electron chi connectivity index (χ3n) is 13.3. The van der Waals surface area contributed by atoms with Crippen molar-refractivity contribution in [2.45, 2.75) is 0 Å². The summed E-state index contributed by atoms with van der Waals surface area (Å²) in [5.74, 6) is 0. The van der Waals surface area contributed by atoms with Gasteiger partial charge in [0.2, 0.25) is 0 Å². The Bertz CT molecular complexity index is 3930. The van der Waals surface area contributed by atoms with Crippen molar-refractivity contribution in [1.82, 2.24) is 9.97 Å². The van der Waals surface area contributed by atoms with Crippen LogP contribution in [0.3, 0.4) is 0 Å². The predicted molar refractivity (Wildman–Crippen MR) is 272 cm³/mol. The van der Waals surface area contributed by atoms with Crippen LogP contribution in [0.4, 0.5) is 0 Å². The predicted octanol–water partition coefficient (Wildman–Crippen LogP) is 16.9. The van der Waals surface area contributed by atoms with Gasteiger partial charge in [-0.25, -0.2) is 4.98 Å². The molecule has 12 aromatic carbocycles. The molecule has 0 amide bonds. The molecule has 0 radical (unpaired) electrons. The SMILES string of the molecule is c1ccc(-c2ncc(-c3c4ccccc4c(-c4ccc(-c5ccc6c(c5)c5ccccc5c5cccc7ccc8cccc6c8c75)cc4)c4ccccc34)nc2-c2ccccc2)cc1. The van der Waals surface area contributed by atoms with Crippen LogP contribution in [0.1, 0.15) is 0 Å². The fraction of sp³-hybridized carbons (Fsp3) is 0. The monoisotopic (exact) mass is 810 g/mol. The average molecular weight is 811 g/mol. The van der Waals surface area contributed by atoms with E-state index < -0.39 is 0 Å². The molecule has 296 valence electrons. The van der Waals surface area contributed by atoms with Crippen LogP contribution in [-0.2, 0) is 0 Å². The summed E-state index contributed by atoms with van der Waals surface area (Å²) < 4.78 is 0. The summed E-state index contributed by atoms with van der Waals surface area (Å²) in [4.78, 5) is 10.6. The number of hydrogen-bond acceptors (Lipinski definition) is 2. The lowest BCUT2D eigenvalue weighted by Crippen LogP contribution is -1.98. The quantitative estimate of drug-likeness (QED) is 0.128. The molecule has 0 saturated carbocycles. The summed E-state index contributed by atoms with van der Waals surface area (Å²) in [6, 6.07) is 81.5. The van der Waals surface area contributed by atoms with E-state index in [1.807, 2.05) is 18.3 Å². The van der Waals surface area contributed by atoms with E-state index in [1.165, 1.54) is 86.9 Å². The molecule has 13 aromatic rings. The lowest BCUT2D eigenvalue weighted by Gasteiger charge is -2.18. The minimum absolute atomic E-state index is 0.852. The number of aromatic nitrogens is 2. The summed E-state index contributed by atoms with van der Waals surface area (Å²) in [6.07, 6.45) is 1.96.